The maximum atomic E-state index is 9.27. The van der Waals surface area contributed by atoms with Crippen molar-refractivity contribution in [1.82, 2.24) is 0 Å². The van der Waals surface area contributed by atoms with Gasteiger partial charge >= 0.3 is 0 Å². The van der Waals surface area contributed by atoms with Crippen LogP contribution in [-0.4, -0.2) is 34.6 Å². The van der Waals surface area contributed by atoms with Crippen molar-refractivity contribution < 1.29 is 15.3 Å². The molecule has 0 aliphatic heterocycles. The summed E-state index contributed by atoms with van der Waals surface area (Å²) in [6.07, 6.45) is -0.602. The molecule has 0 aromatic carbocycles. The summed E-state index contributed by atoms with van der Waals surface area (Å²) < 4.78 is 0. The molecule has 0 aliphatic rings. The highest BCUT2D eigenvalue weighted by molar-refractivity contribution is 4.68. The van der Waals surface area contributed by atoms with E-state index in [9.17, 15) is 5.11 Å². The number of rotatable bonds is 4. The molecule has 3 N–H and O–H groups in total. The van der Waals surface area contributed by atoms with Crippen molar-refractivity contribution in [1.29, 1.82) is 0 Å². The monoisotopic (exact) mass is 148 g/mol. The number of hydrogen-bond acceptors (Lipinski definition) is 3. The van der Waals surface area contributed by atoms with Gasteiger partial charge in [-0.15, -0.1) is 0 Å². The van der Waals surface area contributed by atoms with Crippen molar-refractivity contribution in [2.24, 2.45) is 11.8 Å². The minimum Gasteiger partial charge on any atom is -0.396 e. The minimum atomic E-state index is -0.602. The van der Waals surface area contributed by atoms with E-state index in [0.717, 1.165) is 0 Å². The molecule has 3 nitrogen and oxygen atoms in total. The van der Waals surface area contributed by atoms with Gasteiger partial charge in [-0.1, -0.05) is 13.8 Å². The van der Waals surface area contributed by atoms with Crippen molar-refractivity contribution in [3.8, 4) is 0 Å². The van der Waals surface area contributed by atoms with Gasteiger partial charge in [0.15, 0.2) is 0 Å². The molecular weight excluding hydrogens is 132 g/mol. The predicted molar refractivity (Wildman–Crippen MR) is 38.5 cm³/mol. The number of hydrogen-bond donors (Lipinski definition) is 3. The smallest absolute Gasteiger partial charge is 0.0635 e. The Balaban J connectivity index is 3.69. The van der Waals surface area contributed by atoms with Crippen molar-refractivity contribution in [2.45, 2.75) is 20.0 Å². The van der Waals surface area contributed by atoms with Gasteiger partial charge in [0.2, 0.25) is 0 Å². The summed E-state index contributed by atoms with van der Waals surface area (Å²) in [6.45, 7) is 3.42. The summed E-state index contributed by atoms with van der Waals surface area (Å²) in [5, 5.41) is 26.5. The second-order valence-electron chi connectivity index (χ2n) is 2.81. The zero-order valence-electron chi connectivity index (χ0n) is 6.49. The topological polar surface area (TPSA) is 60.7 Å². The quantitative estimate of drug-likeness (QED) is 0.508. The van der Waals surface area contributed by atoms with Crippen LogP contribution in [0.1, 0.15) is 13.8 Å². The first kappa shape index (κ1) is 9.88. The molecule has 0 amide bonds. The maximum absolute atomic E-state index is 9.27. The van der Waals surface area contributed by atoms with Gasteiger partial charge in [0, 0.05) is 25.0 Å². The maximum Gasteiger partial charge on any atom is 0.0635 e. The van der Waals surface area contributed by atoms with Gasteiger partial charge in [-0.2, -0.15) is 0 Å². The van der Waals surface area contributed by atoms with Crippen LogP contribution in [0.25, 0.3) is 0 Å². The molecule has 0 rings (SSSR count). The highest BCUT2D eigenvalue weighted by Gasteiger charge is 2.19. The van der Waals surface area contributed by atoms with E-state index in [4.69, 9.17) is 10.2 Å². The van der Waals surface area contributed by atoms with Crippen LogP contribution in [0.2, 0.25) is 0 Å². The van der Waals surface area contributed by atoms with E-state index in [0.29, 0.717) is 0 Å². The molecule has 0 aromatic heterocycles. The van der Waals surface area contributed by atoms with Crippen LogP contribution in [0.5, 0.6) is 0 Å². The first-order chi connectivity index (χ1) is 4.63. The van der Waals surface area contributed by atoms with Gasteiger partial charge in [-0.25, -0.2) is 0 Å². The van der Waals surface area contributed by atoms with Gasteiger partial charge in [-0.3, -0.25) is 0 Å². The first-order valence-electron chi connectivity index (χ1n) is 3.53. The molecule has 0 bridgehead atoms. The van der Waals surface area contributed by atoms with Crippen LogP contribution in [0.4, 0.5) is 0 Å². The predicted octanol–water partition coefficient (Wildman–Crippen LogP) is -0.396. The van der Waals surface area contributed by atoms with Crippen LogP contribution in [-0.2, 0) is 0 Å². The summed E-state index contributed by atoms with van der Waals surface area (Å²) in [5.41, 5.74) is 0. The van der Waals surface area contributed by atoms with E-state index in [1.54, 1.807) is 13.8 Å². The molecule has 10 heavy (non-hydrogen) atoms. The Morgan fingerprint density at radius 1 is 1.00 bits per heavy atom. The molecule has 0 heterocycles. The minimum absolute atomic E-state index is 0.0362. The highest BCUT2D eigenvalue weighted by atomic mass is 16.3. The van der Waals surface area contributed by atoms with Crippen molar-refractivity contribution in [3.05, 3.63) is 0 Å². The third kappa shape index (κ3) is 2.64. The number of aliphatic hydroxyl groups is 3. The van der Waals surface area contributed by atoms with Gasteiger partial charge in [0.25, 0.3) is 0 Å². The molecule has 0 saturated carbocycles. The molecule has 62 valence electrons. The highest BCUT2D eigenvalue weighted by Crippen LogP contribution is 2.11. The van der Waals surface area contributed by atoms with Crippen LogP contribution < -0.4 is 0 Å². The Labute approximate surface area is 61.3 Å². The van der Waals surface area contributed by atoms with Crippen LogP contribution >= 0.6 is 0 Å². The zero-order valence-corrected chi connectivity index (χ0v) is 6.49. The Hall–Kier alpha value is -0.120. The standard InChI is InChI=1S/C7H16O3/c1-5(3-8)7(10)6(2)4-9/h5-10H,3-4H2,1-2H3/t5-,6+,7?. The lowest BCUT2D eigenvalue weighted by molar-refractivity contribution is 0.0158. The van der Waals surface area contributed by atoms with Gasteiger partial charge in [0.05, 0.1) is 6.10 Å². The lowest BCUT2D eigenvalue weighted by Gasteiger charge is -2.21. The van der Waals surface area contributed by atoms with Gasteiger partial charge < -0.3 is 15.3 Å². The molecule has 0 aromatic rings. The largest absolute Gasteiger partial charge is 0.396 e. The molecular formula is C7H16O3. The summed E-state index contributed by atoms with van der Waals surface area (Å²) in [4.78, 5) is 0. The first-order valence-corrected chi connectivity index (χ1v) is 3.53. The Morgan fingerprint density at radius 2 is 1.30 bits per heavy atom. The van der Waals surface area contributed by atoms with Crippen molar-refractivity contribution in [2.75, 3.05) is 13.2 Å². The van der Waals surface area contributed by atoms with Gasteiger partial charge in [0.1, 0.15) is 0 Å². The molecule has 1 unspecified atom stereocenters. The third-order valence-electron chi connectivity index (χ3n) is 1.74. The van der Waals surface area contributed by atoms with E-state index < -0.39 is 6.10 Å². The SMILES string of the molecule is C[C@H](CO)C(O)[C@@H](C)CO. The normalized spacial score (nSPS) is 20.1. The molecule has 3 atom stereocenters. The van der Waals surface area contributed by atoms with Crippen LogP contribution in [0, 0.1) is 11.8 Å². The van der Waals surface area contributed by atoms with Crippen molar-refractivity contribution in [3.63, 3.8) is 0 Å². The second kappa shape index (κ2) is 4.66. The Morgan fingerprint density at radius 3 is 1.50 bits per heavy atom. The summed E-state index contributed by atoms with van der Waals surface area (Å²) >= 11 is 0. The molecule has 0 radical (unpaired) electrons. The molecule has 0 spiro atoms. The zero-order chi connectivity index (χ0) is 8.15. The van der Waals surface area contributed by atoms with Gasteiger partial charge in [-0.05, 0) is 0 Å². The fourth-order valence-corrected chi connectivity index (χ4v) is 0.777. The lowest BCUT2D eigenvalue weighted by Crippen LogP contribution is -2.29. The van der Waals surface area contributed by atoms with Crippen LogP contribution in [0.15, 0.2) is 0 Å². The van der Waals surface area contributed by atoms with E-state index in [2.05, 4.69) is 0 Å². The van der Waals surface area contributed by atoms with E-state index in [1.165, 1.54) is 0 Å². The fraction of sp³-hybridized carbons (Fsp3) is 1.00. The molecule has 0 aliphatic carbocycles. The van der Waals surface area contributed by atoms with E-state index in [-0.39, 0.29) is 25.0 Å². The summed E-state index contributed by atoms with van der Waals surface area (Å²) in [6, 6.07) is 0. The summed E-state index contributed by atoms with van der Waals surface area (Å²) in [7, 11) is 0. The third-order valence-corrected chi connectivity index (χ3v) is 1.74. The fourth-order valence-electron chi connectivity index (χ4n) is 0.777. The van der Waals surface area contributed by atoms with Crippen LogP contribution in [0.3, 0.4) is 0 Å². The van der Waals surface area contributed by atoms with E-state index in [1.807, 2.05) is 0 Å². The average Bonchev–Trinajstić information content (AvgIpc) is 2.00. The molecule has 3 heteroatoms. The lowest BCUT2D eigenvalue weighted by atomic mass is 9.95. The van der Waals surface area contributed by atoms with E-state index >= 15 is 0 Å². The molecule has 0 saturated heterocycles. The number of aliphatic hydroxyl groups excluding tert-OH is 3. The summed E-state index contributed by atoms with van der Waals surface area (Å²) in [5.74, 6) is -0.302. The Bertz CT molecular complexity index is 74.9. The second-order valence-corrected chi connectivity index (χ2v) is 2.81. The van der Waals surface area contributed by atoms with Crippen molar-refractivity contribution >= 4 is 0 Å². The average molecular weight is 148 g/mol. The molecule has 0 fully saturated rings. The Kier molecular flexibility index (Phi) is 4.60.